The molecule has 0 aromatic heterocycles. The highest BCUT2D eigenvalue weighted by Gasteiger charge is 2.09. The first-order valence-electron chi connectivity index (χ1n) is 5.48. The lowest BCUT2D eigenvalue weighted by molar-refractivity contribution is 0.599. The van der Waals surface area contributed by atoms with Gasteiger partial charge in [-0.15, -0.1) is 0 Å². The summed E-state index contributed by atoms with van der Waals surface area (Å²) in [6, 6.07) is 0. The molecule has 0 aliphatic heterocycles. The van der Waals surface area contributed by atoms with Gasteiger partial charge in [-0.25, -0.2) is 8.42 Å². The summed E-state index contributed by atoms with van der Waals surface area (Å²) in [7, 11) is -2.78. The van der Waals surface area contributed by atoms with E-state index < -0.39 is 9.84 Å². The molecule has 5 heteroatoms. The van der Waals surface area contributed by atoms with Crippen molar-refractivity contribution in [1.82, 2.24) is 0 Å². The maximum Gasteiger partial charge on any atom is 0.151 e. The zero-order chi connectivity index (χ0) is 11.6. The van der Waals surface area contributed by atoms with E-state index in [4.69, 9.17) is 0 Å². The van der Waals surface area contributed by atoms with Crippen molar-refractivity contribution in [2.24, 2.45) is 0 Å². The van der Waals surface area contributed by atoms with Gasteiger partial charge < -0.3 is 0 Å². The summed E-state index contributed by atoms with van der Waals surface area (Å²) in [5, 5.41) is 0. The molecule has 0 bridgehead atoms. The van der Waals surface area contributed by atoms with E-state index in [1.807, 2.05) is 0 Å². The van der Waals surface area contributed by atoms with Gasteiger partial charge in [0.15, 0.2) is 9.84 Å². The monoisotopic (exact) mass is 270 g/mol. The van der Waals surface area contributed by atoms with E-state index in [1.165, 1.54) is 0 Å². The molecule has 0 aromatic carbocycles. The lowest BCUT2D eigenvalue weighted by atomic mass is 10.6. The van der Waals surface area contributed by atoms with Gasteiger partial charge in [-0.3, -0.25) is 0 Å². The summed E-state index contributed by atoms with van der Waals surface area (Å²) in [6.45, 7) is 4.23. The van der Waals surface area contributed by atoms with Gasteiger partial charge in [0.05, 0.1) is 11.5 Å². The lowest BCUT2D eigenvalue weighted by Gasteiger charge is -2.03. The van der Waals surface area contributed by atoms with Crippen molar-refractivity contribution in [1.29, 1.82) is 0 Å². The van der Waals surface area contributed by atoms with E-state index in [-0.39, 0.29) is 0 Å². The molecule has 15 heavy (non-hydrogen) atoms. The van der Waals surface area contributed by atoms with Gasteiger partial charge in [-0.05, 0) is 24.3 Å². The molecule has 0 radical (unpaired) electrons. The quantitative estimate of drug-likeness (QED) is 0.572. The second-order valence-electron chi connectivity index (χ2n) is 3.38. The standard InChI is InChI=1S/C10H22O2S3/c1-3-5-13-7-9-15(11,12)10-8-14-6-4-2/h3-10H2,1-2H3. The Hall–Kier alpha value is 0.650. The molecule has 0 amide bonds. The van der Waals surface area contributed by atoms with Crippen LogP contribution in [0.4, 0.5) is 0 Å². The summed E-state index contributed by atoms with van der Waals surface area (Å²) in [5.74, 6) is 4.36. The molecule has 0 atom stereocenters. The summed E-state index contributed by atoms with van der Waals surface area (Å²) in [6.07, 6.45) is 2.24. The van der Waals surface area contributed by atoms with Crippen molar-refractivity contribution in [3.05, 3.63) is 0 Å². The molecular formula is C10H22O2S3. The Labute approximate surface area is 103 Å². The summed E-state index contributed by atoms with van der Waals surface area (Å²) in [5.41, 5.74) is 0. The van der Waals surface area contributed by atoms with E-state index in [0.717, 1.165) is 35.9 Å². The third kappa shape index (κ3) is 10.9. The van der Waals surface area contributed by atoms with Gasteiger partial charge in [0.2, 0.25) is 0 Å². The molecule has 0 unspecified atom stereocenters. The Morgan fingerprint density at radius 1 is 0.800 bits per heavy atom. The van der Waals surface area contributed by atoms with Crippen molar-refractivity contribution in [3.8, 4) is 0 Å². The highest BCUT2D eigenvalue weighted by Crippen LogP contribution is 2.07. The Bertz CT molecular complexity index is 207. The van der Waals surface area contributed by atoms with Gasteiger partial charge in [0.1, 0.15) is 0 Å². The van der Waals surface area contributed by atoms with Crippen LogP contribution >= 0.6 is 23.5 Å². The first-order chi connectivity index (χ1) is 7.12. The fraction of sp³-hybridized carbons (Fsp3) is 1.00. The first-order valence-corrected chi connectivity index (χ1v) is 9.61. The van der Waals surface area contributed by atoms with Crippen molar-refractivity contribution < 1.29 is 8.42 Å². The molecule has 0 N–H and O–H groups in total. The molecule has 92 valence electrons. The third-order valence-electron chi connectivity index (χ3n) is 1.77. The molecule has 0 spiro atoms. The van der Waals surface area contributed by atoms with Crippen LogP contribution in [0.3, 0.4) is 0 Å². The highest BCUT2D eigenvalue weighted by molar-refractivity contribution is 8.01. The Kier molecular flexibility index (Phi) is 10.3. The number of hydrogen-bond donors (Lipinski definition) is 0. The Morgan fingerprint density at radius 2 is 1.20 bits per heavy atom. The number of hydrogen-bond acceptors (Lipinski definition) is 4. The summed E-state index contributed by atoms with van der Waals surface area (Å²) >= 11 is 3.48. The fourth-order valence-corrected chi connectivity index (χ4v) is 5.13. The van der Waals surface area contributed by atoms with Gasteiger partial charge in [0.25, 0.3) is 0 Å². The maximum atomic E-state index is 11.5. The SMILES string of the molecule is CCCSCCS(=O)(=O)CCSCCC. The minimum atomic E-state index is -2.78. The van der Waals surface area contributed by atoms with Crippen LogP contribution in [0.5, 0.6) is 0 Å². The molecule has 0 saturated heterocycles. The second-order valence-corrected chi connectivity index (χ2v) is 8.13. The predicted octanol–water partition coefficient (Wildman–Crippen LogP) is 2.69. The normalized spacial score (nSPS) is 11.9. The number of thioether (sulfide) groups is 2. The highest BCUT2D eigenvalue weighted by atomic mass is 32.2. The average molecular weight is 270 g/mol. The minimum Gasteiger partial charge on any atom is -0.229 e. The summed E-state index contributed by atoms with van der Waals surface area (Å²) in [4.78, 5) is 0. The van der Waals surface area contributed by atoms with E-state index in [1.54, 1.807) is 23.5 Å². The molecule has 0 rings (SSSR count). The molecule has 0 aromatic rings. The van der Waals surface area contributed by atoms with Crippen LogP contribution in [0.15, 0.2) is 0 Å². The molecule has 0 aliphatic rings. The van der Waals surface area contributed by atoms with Crippen molar-refractivity contribution in [2.75, 3.05) is 34.5 Å². The van der Waals surface area contributed by atoms with Crippen LogP contribution in [0.2, 0.25) is 0 Å². The zero-order valence-electron chi connectivity index (χ0n) is 9.70. The molecule has 0 heterocycles. The summed E-state index contributed by atoms with van der Waals surface area (Å²) < 4.78 is 23.1. The van der Waals surface area contributed by atoms with E-state index in [0.29, 0.717) is 11.5 Å². The first kappa shape index (κ1) is 15.7. The number of sulfone groups is 1. The van der Waals surface area contributed by atoms with Crippen molar-refractivity contribution in [3.63, 3.8) is 0 Å². The van der Waals surface area contributed by atoms with E-state index in [2.05, 4.69) is 13.8 Å². The van der Waals surface area contributed by atoms with Crippen molar-refractivity contribution >= 4 is 33.4 Å². The Balaban J connectivity index is 3.50. The molecule has 0 aliphatic carbocycles. The topological polar surface area (TPSA) is 34.1 Å². The van der Waals surface area contributed by atoms with Gasteiger partial charge in [-0.1, -0.05) is 13.8 Å². The van der Waals surface area contributed by atoms with Gasteiger partial charge in [-0.2, -0.15) is 23.5 Å². The smallest absolute Gasteiger partial charge is 0.151 e. The zero-order valence-corrected chi connectivity index (χ0v) is 12.1. The van der Waals surface area contributed by atoms with Crippen LogP contribution in [0.25, 0.3) is 0 Å². The maximum absolute atomic E-state index is 11.5. The Morgan fingerprint density at radius 3 is 1.53 bits per heavy atom. The van der Waals surface area contributed by atoms with E-state index in [9.17, 15) is 8.42 Å². The van der Waals surface area contributed by atoms with Crippen LogP contribution in [0.1, 0.15) is 26.7 Å². The van der Waals surface area contributed by atoms with Gasteiger partial charge in [0, 0.05) is 11.5 Å². The third-order valence-corrected chi connectivity index (χ3v) is 6.32. The van der Waals surface area contributed by atoms with Crippen LogP contribution < -0.4 is 0 Å². The average Bonchev–Trinajstić information content (AvgIpc) is 2.20. The molecule has 2 nitrogen and oxygen atoms in total. The molecule has 0 saturated carbocycles. The fourth-order valence-electron chi connectivity index (χ4n) is 0.967. The predicted molar refractivity (Wildman–Crippen MR) is 73.9 cm³/mol. The van der Waals surface area contributed by atoms with Crippen LogP contribution in [0, 0.1) is 0 Å². The van der Waals surface area contributed by atoms with Crippen LogP contribution in [-0.2, 0) is 9.84 Å². The van der Waals surface area contributed by atoms with E-state index >= 15 is 0 Å². The van der Waals surface area contributed by atoms with Crippen LogP contribution in [-0.4, -0.2) is 42.9 Å². The molecule has 0 fully saturated rings. The largest absolute Gasteiger partial charge is 0.229 e. The number of rotatable bonds is 10. The molecular weight excluding hydrogens is 248 g/mol. The minimum absolute atomic E-state index is 0.352. The lowest BCUT2D eigenvalue weighted by Crippen LogP contribution is -2.14. The van der Waals surface area contributed by atoms with Crippen molar-refractivity contribution in [2.45, 2.75) is 26.7 Å². The second kappa shape index (κ2) is 9.85. The van der Waals surface area contributed by atoms with Gasteiger partial charge >= 0.3 is 0 Å².